The van der Waals surface area contributed by atoms with Crippen LogP contribution in [-0.2, 0) is 4.79 Å². The van der Waals surface area contributed by atoms with E-state index in [4.69, 9.17) is 11.6 Å². The zero-order valence-electron chi connectivity index (χ0n) is 13.2. The molecular formula is C14H11ClN6O2S3. The summed E-state index contributed by atoms with van der Waals surface area (Å²) in [6.07, 6.45) is 0. The van der Waals surface area contributed by atoms with Crippen molar-refractivity contribution in [1.82, 2.24) is 20.4 Å². The summed E-state index contributed by atoms with van der Waals surface area (Å²) >= 11 is 9.51. The fourth-order valence-corrected chi connectivity index (χ4v) is 4.00. The number of aromatic nitrogens is 4. The van der Waals surface area contributed by atoms with Gasteiger partial charge in [-0.15, -0.1) is 20.4 Å². The number of hydrogen-bond acceptors (Lipinski definition) is 9. The van der Waals surface area contributed by atoms with Crippen LogP contribution in [0.3, 0.4) is 0 Å². The van der Waals surface area contributed by atoms with Crippen LogP contribution in [0.15, 0.2) is 28.6 Å². The second kappa shape index (κ2) is 8.54. The minimum absolute atomic E-state index is 0.151. The lowest BCUT2D eigenvalue weighted by Crippen LogP contribution is -2.13. The SMILES string of the molecule is Cc1nnc(NC(=O)CSc2nnc(NC(=O)c3ccc(Cl)cc3)s2)s1. The van der Waals surface area contributed by atoms with E-state index in [1.165, 1.54) is 34.4 Å². The van der Waals surface area contributed by atoms with E-state index in [0.717, 1.165) is 5.01 Å². The molecule has 2 N–H and O–H groups in total. The zero-order chi connectivity index (χ0) is 18.5. The van der Waals surface area contributed by atoms with Crippen LogP contribution in [0, 0.1) is 6.92 Å². The summed E-state index contributed by atoms with van der Waals surface area (Å²) in [5.74, 6) is -0.370. The van der Waals surface area contributed by atoms with Gasteiger partial charge in [-0.25, -0.2) is 0 Å². The minimum Gasteiger partial charge on any atom is -0.300 e. The Hall–Kier alpha value is -2.08. The third-order valence-electron chi connectivity index (χ3n) is 2.83. The molecule has 12 heteroatoms. The Bertz CT molecular complexity index is 927. The van der Waals surface area contributed by atoms with Crippen molar-refractivity contribution in [3.63, 3.8) is 0 Å². The van der Waals surface area contributed by atoms with Crippen molar-refractivity contribution in [2.45, 2.75) is 11.3 Å². The average Bonchev–Trinajstić information content (AvgIpc) is 3.22. The number of halogens is 1. The predicted molar refractivity (Wildman–Crippen MR) is 103 cm³/mol. The molecule has 2 amide bonds. The first-order valence-electron chi connectivity index (χ1n) is 7.13. The average molecular weight is 427 g/mol. The van der Waals surface area contributed by atoms with E-state index >= 15 is 0 Å². The Morgan fingerprint density at radius 1 is 1.04 bits per heavy atom. The fraction of sp³-hybridized carbons (Fsp3) is 0.143. The zero-order valence-corrected chi connectivity index (χ0v) is 16.4. The van der Waals surface area contributed by atoms with Crippen LogP contribution >= 0.6 is 46.0 Å². The smallest absolute Gasteiger partial charge is 0.257 e. The van der Waals surface area contributed by atoms with Gasteiger partial charge in [0.15, 0.2) is 4.34 Å². The van der Waals surface area contributed by atoms with E-state index in [1.54, 1.807) is 24.3 Å². The summed E-state index contributed by atoms with van der Waals surface area (Å²) in [7, 11) is 0. The largest absolute Gasteiger partial charge is 0.300 e. The van der Waals surface area contributed by atoms with Crippen molar-refractivity contribution < 1.29 is 9.59 Å². The van der Waals surface area contributed by atoms with Gasteiger partial charge in [0.1, 0.15) is 5.01 Å². The summed E-state index contributed by atoms with van der Waals surface area (Å²) in [6.45, 7) is 1.81. The Morgan fingerprint density at radius 2 is 1.73 bits per heavy atom. The number of amides is 2. The lowest BCUT2D eigenvalue weighted by molar-refractivity contribution is -0.113. The van der Waals surface area contributed by atoms with Crippen LogP contribution in [0.1, 0.15) is 15.4 Å². The van der Waals surface area contributed by atoms with Crippen LogP contribution in [0.2, 0.25) is 5.02 Å². The maximum absolute atomic E-state index is 12.1. The molecule has 0 atom stereocenters. The first kappa shape index (κ1) is 18.7. The Balaban J connectivity index is 1.50. The maximum Gasteiger partial charge on any atom is 0.257 e. The first-order valence-corrected chi connectivity index (χ1v) is 10.1. The number of thioether (sulfide) groups is 1. The van der Waals surface area contributed by atoms with E-state index in [9.17, 15) is 9.59 Å². The third kappa shape index (κ3) is 5.21. The number of anilines is 2. The molecule has 0 saturated heterocycles. The predicted octanol–water partition coefficient (Wildman–Crippen LogP) is 3.33. The van der Waals surface area contributed by atoms with Crippen LogP contribution in [0.25, 0.3) is 0 Å². The Kier molecular flexibility index (Phi) is 6.14. The molecule has 3 rings (SSSR count). The molecule has 2 aromatic heterocycles. The van der Waals surface area contributed by atoms with Gasteiger partial charge in [0.25, 0.3) is 5.91 Å². The molecule has 1 aromatic carbocycles. The van der Waals surface area contributed by atoms with Crippen LogP contribution in [0.5, 0.6) is 0 Å². The van der Waals surface area contributed by atoms with E-state index in [-0.39, 0.29) is 17.6 Å². The number of nitrogens with zero attached hydrogens (tertiary/aromatic N) is 4. The molecule has 0 saturated carbocycles. The molecule has 0 unspecified atom stereocenters. The lowest BCUT2D eigenvalue weighted by Gasteiger charge is -2.00. The topological polar surface area (TPSA) is 110 Å². The quantitative estimate of drug-likeness (QED) is 0.459. The summed E-state index contributed by atoms with van der Waals surface area (Å²) in [4.78, 5) is 24.0. The van der Waals surface area contributed by atoms with Gasteiger partial charge in [-0.05, 0) is 31.2 Å². The Morgan fingerprint density at radius 3 is 2.42 bits per heavy atom. The second-order valence-corrected chi connectivity index (χ2v) is 8.62. The minimum atomic E-state index is -0.307. The number of hydrogen-bond donors (Lipinski definition) is 2. The van der Waals surface area contributed by atoms with Gasteiger partial charge >= 0.3 is 0 Å². The standard InChI is InChI=1S/C14H11ClN6O2S3/c1-7-18-19-12(25-7)16-10(22)6-24-14-21-20-13(26-14)17-11(23)8-2-4-9(15)5-3-8/h2-5H,6H2,1H3,(H,16,19,22)(H,17,20,23). The van der Waals surface area contributed by atoms with E-state index in [0.29, 0.717) is 25.2 Å². The van der Waals surface area contributed by atoms with Gasteiger partial charge in [0, 0.05) is 10.6 Å². The molecule has 0 fully saturated rings. The first-order chi connectivity index (χ1) is 12.5. The highest BCUT2D eigenvalue weighted by Gasteiger charge is 2.12. The molecule has 26 heavy (non-hydrogen) atoms. The van der Waals surface area contributed by atoms with Crippen LogP contribution < -0.4 is 10.6 Å². The molecule has 134 valence electrons. The fourth-order valence-electron chi connectivity index (χ4n) is 1.72. The molecule has 3 aromatic rings. The summed E-state index contributed by atoms with van der Waals surface area (Å²) in [6, 6.07) is 6.51. The van der Waals surface area contributed by atoms with Gasteiger partial charge < -0.3 is 0 Å². The van der Waals surface area contributed by atoms with Crippen molar-refractivity contribution in [2.75, 3.05) is 16.4 Å². The van der Waals surface area contributed by atoms with Crippen molar-refractivity contribution in [1.29, 1.82) is 0 Å². The van der Waals surface area contributed by atoms with Crippen LogP contribution in [0.4, 0.5) is 10.3 Å². The number of carbonyl (C=O) groups excluding carboxylic acids is 2. The van der Waals surface area contributed by atoms with Gasteiger partial charge in [0.2, 0.25) is 16.2 Å². The number of benzene rings is 1. The molecule has 0 spiro atoms. The number of nitrogens with one attached hydrogen (secondary N) is 2. The Labute approximate surface area is 165 Å². The highest BCUT2D eigenvalue weighted by Crippen LogP contribution is 2.26. The lowest BCUT2D eigenvalue weighted by atomic mass is 10.2. The molecule has 0 bridgehead atoms. The number of aryl methyl sites for hydroxylation is 1. The van der Waals surface area contributed by atoms with Crippen LogP contribution in [-0.4, -0.2) is 38.0 Å². The number of carbonyl (C=O) groups is 2. The molecule has 0 aliphatic rings. The summed E-state index contributed by atoms with van der Waals surface area (Å²) < 4.78 is 0.569. The van der Waals surface area contributed by atoms with Crippen molar-refractivity contribution >= 4 is 68.1 Å². The van der Waals surface area contributed by atoms with Crippen molar-refractivity contribution in [3.05, 3.63) is 39.9 Å². The normalized spacial score (nSPS) is 10.5. The molecule has 8 nitrogen and oxygen atoms in total. The summed E-state index contributed by atoms with van der Waals surface area (Å²) in [5, 5.41) is 23.0. The molecule has 0 aliphatic carbocycles. The van der Waals surface area contributed by atoms with Crippen molar-refractivity contribution in [3.8, 4) is 0 Å². The number of rotatable bonds is 6. The van der Waals surface area contributed by atoms with E-state index in [2.05, 4.69) is 31.0 Å². The van der Waals surface area contributed by atoms with Gasteiger partial charge in [0.05, 0.1) is 5.75 Å². The van der Waals surface area contributed by atoms with Gasteiger partial charge in [-0.1, -0.05) is 46.0 Å². The highest BCUT2D eigenvalue weighted by molar-refractivity contribution is 8.01. The monoisotopic (exact) mass is 426 g/mol. The molecule has 2 heterocycles. The van der Waals surface area contributed by atoms with E-state index < -0.39 is 0 Å². The third-order valence-corrected chi connectivity index (χ3v) is 5.81. The van der Waals surface area contributed by atoms with E-state index in [1.807, 2.05) is 6.92 Å². The summed E-state index contributed by atoms with van der Waals surface area (Å²) in [5.41, 5.74) is 0.463. The van der Waals surface area contributed by atoms with Gasteiger partial charge in [-0.2, -0.15) is 0 Å². The molecule has 0 radical (unpaired) electrons. The molecular weight excluding hydrogens is 416 g/mol. The second-order valence-electron chi connectivity index (χ2n) is 4.80. The maximum atomic E-state index is 12.1. The molecule has 0 aliphatic heterocycles. The van der Waals surface area contributed by atoms with Gasteiger partial charge in [-0.3, -0.25) is 20.2 Å². The van der Waals surface area contributed by atoms with Crippen molar-refractivity contribution in [2.24, 2.45) is 0 Å². The highest BCUT2D eigenvalue weighted by atomic mass is 35.5.